The van der Waals surface area contributed by atoms with Crippen LogP contribution in [-0.2, 0) is 14.8 Å². The fraction of sp³-hybridized carbons (Fsp3) is 0.867. The summed E-state index contributed by atoms with van der Waals surface area (Å²) in [4.78, 5) is 12.4. The smallest absolute Gasteiger partial charge is 0.214 e. The Morgan fingerprint density at radius 3 is 2.52 bits per heavy atom. The predicted molar refractivity (Wildman–Crippen MR) is 79.8 cm³/mol. The molecule has 0 aromatic heterocycles. The monoisotopic (exact) mass is 312 g/mol. The number of rotatable bonds is 5. The van der Waals surface area contributed by atoms with Gasteiger partial charge in [0.05, 0.1) is 17.7 Å². The fourth-order valence-corrected chi connectivity index (χ4v) is 6.04. The van der Waals surface area contributed by atoms with Gasteiger partial charge in [-0.1, -0.05) is 13.8 Å². The lowest BCUT2D eigenvalue weighted by molar-refractivity contribution is -0.128. The van der Waals surface area contributed by atoms with Gasteiger partial charge >= 0.3 is 0 Å². The zero-order valence-electron chi connectivity index (χ0n) is 13.2. The maximum absolute atomic E-state index is 12.6. The first-order chi connectivity index (χ1) is 9.57. The largest absolute Gasteiger partial charge is 0.299 e. The van der Waals surface area contributed by atoms with Crippen LogP contribution in [0.15, 0.2) is 0 Å². The van der Waals surface area contributed by atoms with Gasteiger partial charge in [0, 0.05) is 25.4 Å². The number of ketones is 1. The summed E-state index contributed by atoms with van der Waals surface area (Å²) in [6.45, 7) is 5.93. The molecule has 0 unspecified atom stereocenters. The summed E-state index contributed by atoms with van der Waals surface area (Å²) < 4.78 is 26.5. The summed E-state index contributed by atoms with van der Waals surface area (Å²) in [5.74, 6) is -0.0553. The summed E-state index contributed by atoms with van der Waals surface area (Å²) in [6.07, 6.45) is 2.12. The van der Waals surface area contributed by atoms with Crippen LogP contribution in [0, 0.1) is 34.0 Å². The van der Waals surface area contributed by atoms with Crippen LogP contribution >= 0.6 is 0 Å². The number of hydrogen-bond donors (Lipinski definition) is 0. The van der Waals surface area contributed by atoms with Crippen molar-refractivity contribution in [2.24, 2.45) is 22.7 Å². The SMILES string of the molecule is C[C@H](C#N)CN(C)S(=O)(=O)C[C@@]12CC[C@@H](CC1=O)C2(C)C. The van der Waals surface area contributed by atoms with Gasteiger partial charge in [-0.15, -0.1) is 0 Å². The van der Waals surface area contributed by atoms with E-state index in [0.29, 0.717) is 18.8 Å². The second-order valence-corrected chi connectivity index (χ2v) is 9.31. The van der Waals surface area contributed by atoms with Crippen molar-refractivity contribution in [3.8, 4) is 6.07 Å². The van der Waals surface area contributed by atoms with Crippen molar-refractivity contribution in [3.63, 3.8) is 0 Å². The number of fused-ring (bicyclic) bond motifs is 2. The molecule has 2 rings (SSSR count). The van der Waals surface area contributed by atoms with Gasteiger partial charge in [-0.25, -0.2) is 12.7 Å². The molecule has 0 aliphatic heterocycles. The van der Waals surface area contributed by atoms with Crippen molar-refractivity contribution >= 4 is 15.8 Å². The van der Waals surface area contributed by atoms with Crippen molar-refractivity contribution in [2.45, 2.75) is 40.0 Å². The molecule has 2 fully saturated rings. The van der Waals surface area contributed by atoms with Gasteiger partial charge < -0.3 is 0 Å². The summed E-state index contributed by atoms with van der Waals surface area (Å²) in [6, 6.07) is 2.05. The number of hydrogen-bond acceptors (Lipinski definition) is 4. The fourth-order valence-electron chi connectivity index (χ4n) is 4.07. The zero-order chi connectivity index (χ0) is 16.1. The highest BCUT2D eigenvalue weighted by atomic mass is 32.2. The molecule has 118 valence electrons. The molecule has 0 amide bonds. The lowest BCUT2D eigenvalue weighted by Crippen LogP contribution is -2.46. The number of carbonyl (C=O) groups is 1. The third-order valence-corrected chi connectivity index (χ3v) is 7.75. The second kappa shape index (κ2) is 5.06. The number of nitrogens with zero attached hydrogens (tertiary/aromatic N) is 2. The maximum Gasteiger partial charge on any atom is 0.214 e. The van der Waals surface area contributed by atoms with E-state index in [-0.39, 0.29) is 29.4 Å². The van der Waals surface area contributed by atoms with Crippen LogP contribution in [-0.4, -0.2) is 37.9 Å². The molecule has 6 heteroatoms. The molecular formula is C15H24N2O3S. The van der Waals surface area contributed by atoms with E-state index in [2.05, 4.69) is 0 Å². The normalized spacial score (nSPS) is 32.4. The molecule has 0 spiro atoms. The summed E-state index contributed by atoms with van der Waals surface area (Å²) >= 11 is 0. The second-order valence-electron chi connectivity index (χ2n) is 7.23. The molecule has 21 heavy (non-hydrogen) atoms. The Morgan fingerprint density at radius 2 is 2.10 bits per heavy atom. The van der Waals surface area contributed by atoms with E-state index in [0.717, 1.165) is 6.42 Å². The number of carbonyl (C=O) groups excluding carboxylic acids is 1. The Bertz CT molecular complexity index is 591. The average molecular weight is 312 g/mol. The van der Waals surface area contributed by atoms with Gasteiger partial charge in [-0.3, -0.25) is 4.79 Å². The van der Waals surface area contributed by atoms with Crippen LogP contribution in [0.4, 0.5) is 0 Å². The van der Waals surface area contributed by atoms with Crippen LogP contribution in [0.2, 0.25) is 0 Å². The molecule has 3 atom stereocenters. The van der Waals surface area contributed by atoms with E-state index in [1.54, 1.807) is 6.92 Å². The third-order valence-electron chi connectivity index (χ3n) is 5.79. The van der Waals surface area contributed by atoms with Crippen LogP contribution in [0.3, 0.4) is 0 Å². The first kappa shape index (κ1) is 16.4. The zero-order valence-corrected chi connectivity index (χ0v) is 14.0. The molecule has 0 N–H and O–H groups in total. The first-order valence-electron chi connectivity index (χ1n) is 7.44. The molecule has 0 saturated heterocycles. The minimum atomic E-state index is -3.54. The van der Waals surface area contributed by atoms with E-state index in [9.17, 15) is 13.2 Å². The summed E-state index contributed by atoms with van der Waals surface area (Å²) in [5, 5.41) is 8.84. The highest BCUT2D eigenvalue weighted by Gasteiger charge is 2.65. The van der Waals surface area contributed by atoms with Crippen molar-refractivity contribution < 1.29 is 13.2 Å². The first-order valence-corrected chi connectivity index (χ1v) is 9.05. The Kier molecular flexibility index (Phi) is 3.96. The lowest BCUT2D eigenvalue weighted by atomic mass is 9.70. The van der Waals surface area contributed by atoms with Crippen molar-refractivity contribution in [1.29, 1.82) is 5.26 Å². The molecule has 5 nitrogen and oxygen atoms in total. The van der Waals surface area contributed by atoms with E-state index in [1.165, 1.54) is 11.4 Å². The molecule has 0 radical (unpaired) electrons. The molecule has 0 aromatic carbocycles. The molecule has 0 heterocycles. The van der Waals surface area contributed by atoms with E-state index >= 15 is 0 Å². The highest BCUT2D eigenvalue weighted by Crippen LogP contribution is 2.64. The van der Waals surface area contributed by atoms with Crippen LogP contribution in [0.1, 0.15) is 40.0 Å². The van der Waals surface area contributed by atoms with Gasteiger partial charge in [0.25, 0.3) is 0 Å². The van der Waals surface area contributed by atoms with Gasteiger partial charge in [-0.05, 0) is 31.1 Å². The lowest BCUT2D eigenvalue weighted by Gasteiger charge is -2.37. The van der Waals surface area contributed by atoms with Crippen molar-refractivity contribution in [3.05, 3.63) is 0 Å². The Balaban J connectivity index is 2.24. The molecule has 2 aliphatic rings. The average Bonchev–Trinajstić information content (AvgIpc) is 2.71. The van der Waals surface area contributed by atoms with E-state index in [4.69, 9.17) is 5.26 Å². The number of nitriles is 1. The van der Waals surface area contributed by atoms with Gasteiger partial charge in [0.2, 0.25) is 10.0 Å². The van der Waals surface area contributed by atoms with Crippen molar-refractivity contribution in [2.75, 3.05) is 19.3 Å². The topological polar surface area (TPSA) is 78.2 Å². The molecule has 2 aliphatic carbocycles. The summed E-state index contributed by atoms with van der Waals surface area (Å²) in [5.41, 5.74) is -0.987. The Morgan fingerprint density at radius 1 is 1.48 bits per heavy atom. The number of Topliss-reactive ketones (excluding diaryl/α,β-unsaturated/α-hetero) is 1. The standard InChI is InChI=1S/C15H24N2O3S/c1-11(8-16)9-17(4)21(19,20)10-15-6-5-12(7-13(15)18)14(15,2)3/h11-12H,5-7,9-10H2,1-4H3/t11-,12+,15+/m1/s1. The van der Waals surface area contributed by atoms with Crippen LogP contribution < -0.4 is 0 Å². The maximum atomic E-state index is 12.6. The summed E-state index contributed by atoms with van der Waals surface area (Å²) in [7, 11) is -2.04. The van der Waals surface area contributed by atoms with Crippen LogP contribution in [0.25, 0.3) is 0 Å². The van der Waals surface area contributed by atoms with Crippen molar-refractivity contribution in [1.82, 2.24) is 4.31 Å². The number of sulfonamides is 1. The third kappa shape index (κ3) is 2.40. The van der Waals surface area contributed by atoms with E-state index < -0.39 is 15.4 Å². The van der Waals surface area contributed by atoms with Gasteiger partial charge in [0.1, 0.15) is 5.78 Å². The van der Waals surface area contributed by atoms with Gasteiger partial charge in [-0.2, -0.15) is 5.26 Å². The highest BCUT2D eigenvalue weighted by molar-refractivity contribution is 7.89. The Labute approximate surface area is 127 Å². The molecule has 0 aromatic rings. The predicted octanol–water partition coefficient (Wildman–Crippen LogP) is 1.80. The quantitative estimate of drug-likeness (QED) is 0.775. The molecule has 2 bridgehead atoms. The Hall–Kier alpha value is -0.930. The van der Waals surface area contributed by atoms with Gasteiger partial charge in [0.15, 0.2) is 0 Å². The molecular weight excluding hydrogens is 288 g/mol. The molecule has 2 saturated carbocycles. The van der Waals surface area contributed by atoms with Crippen LogP contribution in [0.5, 0.6) is 0 Å². The van der Waals surface area contributed by atoms with E-state index in [1.807, 2.05) is 19.9 Å². The minimum Gasteiger partial charge on any atom is -0.299 e. The minimum absolute atomic E-state index is 0.106.